The molecule has 1 atom stereocenters. The molecule has 2 fully saturated rings. The summed E-state index contributed by atoms with van der Waals surface area (Å²) >= 11 is 0. The summed E-state index contributed by atoms with van der Waals surface area (Å²) in [6.45, 7) is 5.57. The summed E-state index contributed by atoms with van der Waals surface area (Å²) in [5.41, 5.74) is 0. The Kier molecular flexibility index (Phi) is 2.52. The molecule has 1 saturated carbocycles. The van der Waals surface area contributed by atoms with E-state index in [4.69, 9.17) is 0 Å². The number of hydrogen-bond donors (Lipinski definition) is 2. The fourth-order valence-electron chi connectivity index (χ4n) is 2.48. The van der Waals surface area contributed by atoms with E-state index >= 15 is 0 Å². The Balaban J connectivity index is 1.48. The van der Waals surface area contributed by atoms with Crippen LogP contribution in [-0.2, 0) is 0 Å². The summed E-state index contributed by atoms with van der Waals surface area (Å²) in [6, 6.07) is 0.806. The molecule has 0 spiro atoms. The monoisotopic (exact) mass is 208 g/mol. The molecule has 1 unspecified atom stereocenters. The van der Waals surface area contributed by atoms with Crippen LogP contribution in [0.1, 0.15) is 19.3 Å². The van der Waals surface area contributed by atoms with Gasteiger partial charge < -0.3 is 15.5 Å². The average molecular weight is 208 g/mol. The highest BCUT2D eigenvalue weighted by Crippen LogP contribution is 2.28. The van der Waals surface area contributed by atoms with E-state index in [1.165, 1.54) is 38.3 Å². The Bertz CT molecular complexity index is 253. The van der Waals surface area contributed by atoms with Crippen LogP contribution in [0.3, 0.4) is 0 Å². The quantitative estimate of drug-likeness (QED) is 0.687. The van der Waals surface area contributed by atoms with Gasteiger partial charge in [-0.2, -0.15) is 0 Å². The van der Waals surface area contributed by atoms with Crippen LogP contribution in [0.15, 0.2) is 4.99 Å². The van der Waals surface area contributed by atoms with Crippen LogP contribution in [0.25, 0.3) is 0 Å². The van der Waals surface area contributed by atoms with Gasteiger partial charge in [0.25, 0.3) is 0 Å². The Hall–Kier alpha value is -0.770. The van der Waals surface area contributed by atoms with Gasteiger partial charge in [0.2, 0.25) is 0 Å². The van der Waals surface area contributed by atoms with Crippen molar-refractivity contribution in [2.45, 2.75) is 25.3 Å². The highest BCUT2D eigenvalue weighted by molar-refractivity contribution is 5.82. The molecule has 4 heteroatoms. The fourth-order valence-corrected chi connectivity index (χ4v) is 2.48. The minimum atomic E-state index is 0.800. The van der Waals surface area contributed by atoms with Crippen LogP contribution in [0.5, 0.6) is 0 Å². The highest BCUT2D eigenvalue weighted by atomic mass is 15.4. The molecule has 0 amide bonds. The molecule has 0 aromatic carbocycles. The van der Waals surface area contributed by atoms with Crippen molar-refractivity contribution in [3.05, 3.63) is 0 Å². The molecule has 15 heavy (non-hydrogen) atoms. The molecule has 2 heterocycles. The molecule has 1 aliphatic carbocycles. The van der Waals surface area contributed by atoms with Crippen molar-refractivity contribution in [1.82, 2.24) is 15.5 Å². The molecule has 84 valence electrons. The van der Waals surface area contributed by atoms with Gasteiger partial charge in [-0.15, -0.1) is 0 Å². The van der Waals surface area contributed by atoms with E-state index in [1.807, 2.05) is 0 Å². The van der Waals surface area contributed by atoms with E-state index in [0.29, 0.717) is 0 Å². The second-order valence-electron chi connectivity index (χ2n) is 4.87. The lowest BCUT2D eigenvalue weighted by Gasteiger charge is -2.21. The van der Waals surface area contributed by atoms with E-state index < -0.39 is 0 Å². The van der Waals surface area contributed by atoms with Gasteiger partial charge in [0.15, 0.2) is 5.96 Å². The number of aliphatic imine (C=N–C) groups is 1. The number of hydrogen-bond acceptors (Lipinski definition) is 4. The maximum absolute atomic E-state index is 4.55. The Labute approximate surface area is 91.1 Å². The first-order valence-electron chi connectivity index (χ1n) is 6.19. The predicted molar refractivity (Wildman–Crippen MR) is 61.0 cm³/mol. The summed E-state index contributed by atoms with van der Waals surface area (Å²) in [5, 5.41) is 6.93. The van der Waals surface area contributed by atoms with E-state index in [-0.39, 0.29) is 0 Å². The standard InChI is InChI=1S/C11H20N4/c1-2-10(1)15-6-5-13-11(15)14-8-9-3-4-12-7-9/h9-10,12H,1-8H2,(H,13,14). The number of guanidine groups is 1. The van der Waals surface area contributed by atoms with E-state index in [0.717, 1.165) is 31.6 Å². The molecule has 0 radical (unpaired) electrons. The van der Waals surface area contributed by atoms with E-state index in [2.05, 4.69) is 20.5 Å². The van der Waals surface area contributed by atoms with E-state index in [9.17, 15) is 0 Å². The molecule has 0 bridgehead atoms. The SMILES string of the molecule is C1CN(C2CC2)C(NCC2CCNC2)=N1. The molecule has 1 saturated heterocycles. The molecule has 2 aliphatic heterocycles. The van der Waals surface area contributed by atoms with Crippen molar-refractivity contribution in [1.29, 1.82) is 0 Å². The highest BCUT2D eigenvalue weighted by Gasteiger charge is 2.33. The largest absolute Gasteiger partial charge is 0.356 e. The van der Waals surface area contributed by atoms with Crippen molar-refractivity contribution >= 4 is 5.96 Å². The zero-order valence-corrected chi connectivity index (χ0v) is 9.21. The van der Waals surface area contributed by atoms with Crippen LogP contribution >= 0.6 is 0 Å². The lowest BCUT2D eigenvalue weighted by Crippen LogP contribution is -2.41. The summed E-state index contributed by atoms with van der Waals surface area (Å²) in [7, 11) is 0. The first kappa shape index (κ1) is 9.46. The van der Waals surface area contributed by atoms with Crippen LogP contribution < -0.4 is 10.6 Å². The third-order valence-electron chi connectivity index (χ3n) is 3.57. The second kappa shape index (κ2) is 4.00. The first-order valence-corrected chi connectivity index (χ1v) is 6.19. The summed E-state index contributed by atoms with van der Waals surface area (Å²) < 4.78 is 0. The molecule has 2 N–H and O–H groups in total. The van der Waals surface area contributed by atoms with Gasteiger partial charge in [0, 0.05) is 19.1 Å². The van der Waals surface area contributed by atoms with Crippen molar-refractivity contribution in [3.63, 3.8) is 0 Å². The van der Waals surface area contributed by atoms with Gasteiger partial charge in [0.1, 0.15) is 0 Å². The van der Waals surface area contributed by atoms with Gasteiger partial charge in [-0.25, -0.2) is 0 Å². The number of nitrogens with zero attached hydrogens (tertiary/aromatic N) is 2. The second-order valence-corrected chi connectivity index (χ2v) is 4.87. The van der Waals surface area contributed by atoms with Crippen LogP contribution in [0.2, 0.25) is 0 Å². The third-order valence-corrected chi connectivity index (χ3v) is 3.57. The molecule has 0 aromatic rings. The number of rotatable bonds is 3. The zero-order chi connectivity index (χ0) is 10.1. The Morgan fingerprint density at radius 3 is 3.07 bits per heavy atom. The lowest BCUT2D eigenvalue weighted by atomic mass is 10.1. The van der Waals surface area contributed by atoms with Gasteiger partial charge in [-0.1, -0.05) is 0 Å². The Morgan fingerprint density at radius 1 is 1.40 bits per heavy atom. The maximum atomic E-state index is 4.55. The van der Waals surface area contributed by atoms with Gasteiger partial charge in [0.05, 0.1) is 6.54 Å². The summed E-state index contributed by atoms with van der Waals surface area (Å²) in [4.78, 5) is 7.01. The average Bonchev–Trinajstić information content (AvgIpc) is 2.81. The van der Waals surface area contributed by atoms with Gasteiger partial charge >= 0.3 is 0 Å². The van der Waals surface area contributed by atoms with Crippen LogP contribution in [0, 0.1) is 5.92 Å². The van der Waals surface area contributed by atoms with Crippen molar-refractivity contribution in [2.75, 3.05) is 32.7 Å². The molecule has 3 aliphatic rings. The van der Waals surface area contributed by atoms with Crippen molar-refractivity contribution < 1.29 is 0 Å². The van der Waals surface area contributed by atoms with Crippen molar-refractivity contribution in [3.8, 4) is 0 Å². The topological polar surface area (TPSA) is 39.7 Å². The number of nitrogens with one attached hydrogen (secondary N) is 2. The van der Waals surface area contributed by atoms with E-state index in [1.54, 1.807) is 0 Å². The van der Waals surface area contributed by atoms with Crippen LogP contribution in [0.4, 0.5) is 0 Å². The first-order chi connectivity index (χ1) is 7.43. The van der Waals surface area contributed by atoms with Gasteiger partial charge in [-0.3, -0.25) is 4.99 Å². The third kappa shape index (κ3) is 2.09. The fraction of sp³-hybridized carbons (Fsp3) is 0.909. The van der Waals surface area contributed by atoms with Gasteiger partial charge in [-0.05, 0) is 38.3 Å². The maximum Gasteiger partial charge on any atom is 0.194 e. The Morgan fingerprint density at radius 2 is 2.33 bits per heavy atom. The lowest BCUT2D eigenvalue weighted by molar-refractivity contribution is 0.426. The minimum absolute atomic E-state index is 0.800. The summed E-state index contributed by atoms with van der Waals surface area (Å²) in [6.07, 6.45) is 4.04. The predicted octanol–water partition coefficient (Wildman–Crippen LogP) is 0.0195. The molecular weight excluding hydrogens is 188 g/mol. The zero-order valence-electron chi connectivity index (χ0n) is 9.21. The molecular formula is C11H20N4. The molecule has 4 nitrogen and oxygen atoms in total. The summed E-state index contributed by atoms with van der Waals surface area (Å²) in [5.74, 6) is 1.97. The van der Waals surface area contributed by atoms with Crippen molar-refractivity contribution in [2.24, 2.45) is 10.9 Å². The smallest absolute Gasteiger partial charge is 0.194 e. The molecule has 3 rings (SSSR count). The minimum Gasteiger partial charge on any atom is -0.356 e. The van der Waals surface area contributed by atoms with Crippen LogP contribution in [-0.4, -0.2) is 49.6 Å². The molecule has 0 aromatic heterocycles. The normalized spacial score (nSPS) is 30.8.